The predicted octanol–water partition coefficient (Wildman–Crippen LogP) is 1.20. The Morgan fingerprint density at radius 2 is 2.22 bits per heavy atom. The highest BCUT2D eigenvalue weighted by atomic mass is 16.5. The zero-order chi connectivity index (χ0) is 13.5. The van der Waals surface area contributed by atoms with Crippen LogP contribution in [-0.2, 0) is 19.1 Å². The summed E-state index contributed by atoms with van der Waals surface area (Å²) in [4.78, 5) is 34.6. The van der Waals surface area contributed by atoms with Crippen molar-refractivity contribution in [3.8, 4) is 0 Å². The second-order valence-electron chi connectivity index (χ2n) is 4.70. The molecule has 1 aliphatic rings. The van der Waals surface area contributed by atoms with Gasteiger partial charge in [-0.25, -0.2) is 4.79 Å². The molecule has 5 nitrogen and oxygen atoms in total. The number of unbranched alkanes of at least 4 members (excludes halogenated alkanes) is 1. The van der Waals surface area contributed by atoms with Gasteiger partial charge in [0.15, 0.2) is 0 Å². The number of carbonyl (C=O) groups excluding carboxylic acids is 3. The van der Waals surface area contributed by atoms with Gasteiger partial charge in [-0.2, -0.15) is 0 Å². The minimum absolute atomic E-state index is 0.123. The SMILES string of the molecule is CCCC[C@H](NC(=O)[C@H]1CCC(=O)C1)C(=O)OC. The van der Waals surface area contributed by atoms with E-state index in [4.69, 9.17) is 0 Å². The molecule has 18 heavy (non-hydrogen) atoms. The van der Waals surface area contributed by atoms with E-state index in [-0.39, 0.29) is 17.6 Å². The van der Waals surface area contributed by atoms with Gasteiger partial charge >= 0.3 is 5.97 Å². The van der Waals surface area contributed by atoms with Crippen LogP contribution < -0.4 is 5.32 Å². The molecule has 0 spiro atoms. The first-order chi connectivity index (χ1) is 8.58. The number of esters is 1. The Bertz CT molecular complexity index is 327. The van der Waals surface area contributed by atoms with E-state index in [0.717, 1.165) is 12.8 Å². The van der Waals surface area contributed by atoms with Crippen molar-refractivity contribution in [3.05, 3.63) is 0 Å². The Balaban J connectivity index is 2.51. The van der Waals surface area contributed by atoms with Crippen LogP contribution in [0, 0.1) is 5.92 Å². The van der Waals surface area contributed by atoms with Gasteiger partial charge in [0.2, 0.25) is 5.91 Å². The van der Waals surface area contributed by atoms with Gasteiger partial charge in [-0.1, -0.05) is 19.8 Å². The molecule has 0 saturated heterocycles. The third kappa shape index (κ3) is 4.13. The molecule has 1 N–H and O–H groups in total. The van der Waals surface area contributed by atoms with Crippen molar-refractivity contribution < 1.29 is 19.1 Å². The molecule has 1 fully saturated rings. The summed E-state index contributed by atoms with van der Waals surface area (Å²) in [6.45, 7) is 2.02. The van der Waals surface area contributed by atoms with Gasteiger partial charge in [-0.05, 0) is 12.8 Å². The van der Waals surface area contributed by atoms with Crippen LogP contribution in [-0.4, -0.2) is 30.8 Å². The smallest absolute Gasteiger partial charge is 0.328 e. The fourth-order valence-electron chi connectivity index (χ4n) is 2.13. The van der Waals surface area contributed by atoms with Gasteiger partial charge in [-0.15, -0.1) is 0 Å². The predicted molar refractivity (Wildman–Crippen MR) is 65.8 cm³/mol. The van der Waals surface area contributed by atoms with Crippen molar-refractivity contribution in [1.29, 1.82) is 0 Å². The van der Waals surface area contributed by atoms with Crippen molar-refractivity contribution in [2.45, 2.75) is 51.5 Å². The molecule has 0 heterocycles. The third-order valence-corrected chi connectivity index (χ3v) is 3.27. The van der Waals surface area contributed by atoms with E-state index >= 15 is 0 Å². The van der Waals surface area contributed by atoms with Crippen molar-refractivity contribution in [2.75, 3.05) is 7.11 Å². The largest absolute Gasteiger partial charge is 0.467 e. The Hall–Kier alpha value is -1.39. The standard InChI is InChI=1S/C13H21NO4/c1-3-4-5-11(13(17)18-2)14-12(16)9-6-7-10(15)8-9/h9,11H,3-8H2,1-2H3,(H,14,16)/t9-,11-/m0/s1. The summed E-state index contributed by atoms with van der Waals surface area (Å²) in [5.41, 5.74) is 0. The molecular weight excluding hydrogens is 234 g/mol. The Kier molecular flexibility index (Phi) is 5.82. The second kappa shape index (κ2) is 7.13. The van der Waals surface area contributed by atoms with E-state index in [2.05, 4.69) is 10.1 Å². The maximum atomic E-state index is 11.9. The zero-order valence-electron chi connectivity index (χ0n) is 11.0. The quantitative estimate of drug-likeness (QED) is 0.724. The first-order valence-electron chi connectivity index (χ1n) is 6.48. The van der Waals surface area contributed by atoms with Crippen LogP contribution in [0.25, 0.3) is 0 Å². The summed E-state index contributed by atoms with van der Waals surface area (Å²) in [6, 6.07) is -0.585. The van der Waals surface area contributed by atoms with Crippen LogP contribution in [0.2, 0.25) is 0 Å². The number of amides is 1. The first-order valence-corrected chi connectivity index (χ1v) is 6.48. The average Bonchev–Trinajstić information content (AvgIpc) is 2.80. The monoisotopic (exact) mass is 255 g/mol. The van der Waals surface area contributed by atoms with Crippen LogP contribution in [0.4, 0.5) is 0 Å². The van der Waals surface area contributed by atoms with E-state index in [1.165, 1.54) is 7.11 Å². The van der Waals surface area contributed by atoms with Crippen molar-refractivity contribution in [3.63, 3.8) is 0 Å². The Morgan fingerprint density at radius 1 is 1.50 bits per heavy atom. The Labute approximate surface area is 107 Å². The molecule has 102 valence electrons. The highest BCUT2D eigenvalue weighted by Crippen LogP contribution is 2.22. The van der Waals surface area contributed by atoms with Crippen LogP contribution in [0.15, 0.2) is 0 Å². The van der Waals surface area contributed by atoms with Crippen LogP contribution in [0.5, 0.6) is 0 Å². The van der Waals surface area contributed by atoms with Gasteiger partial charge in [0.05, 0.1) is 7.11 Å². The molecule has 0 bridgehead atoms. The van der Waals surface area contributed by atoms with E-state index in [0.29, 0.717) is 25.7 Å². The topological polar surface area (TPSA) is 72.5 Å². The molecule has 0 unspecified atom stereocenters. The maximum Gasteiger partial charge on any atom is 0.328 e. The van der Waals surface area contributed by atoms with Crippen LogP contribution in [0.3, 0.4) is 0 Å². The molecule has 1 amide bonds. The van der Waals surface area contributed by atoms with Gasteiger partial charge in [0.1, 0.15) is 11.8 Å². The number of ketones is 1. The van der Waals surface area contributed by atoms with Gasteiger partial charge in [0.25, 0.3) is 0 Å². The lowest BCUT2D eigenvalue weighted by Crippen LogP contribution is -2.43. The lowest BCUT2D eigenvalue weighted by molar-refractivity contribution is -0.145. The summed E-state index contributed by atoms with van der Waals surface area (Å²) >= 11 is 0. The lowest BCUT2D eigenvalue weighted by atomic mass is 10.1. The summed E-state index contributed by atoms with van der Waals surface area (Å²) in [5, 5.41) is 2.70. The number of ether oxygens (including phenoxy) is 1. The van der Waals surface area contributed by atoms with Gasteiger partial charge < -0.3 is 10.1 Å². The molecule has 2 atom stereocenters. The van der Waals surface area contributed by atoms with Crippen molar-refractivity contribution >= 4 is 17.7 Å². The number of methoxy groups -OCH3 is 1. The molecule has 1 saturated carbocycles. The van der Waals surface area contributed by atoms with E-state index < -0.39 is 12.0 Å². The maximum absolute atomic E-state index is 11.9. The number of Topliss-reactive ketones (excluding diaryl/α,β-unsaturated/α-hetero) is 1. The van der Waals surface area contributed by atoms with Gasteiger partial charge in [-0.3, -0.25) is 9.59 Å². The summed E-state index contributed by atoms with van der Waals surface area (Å²) in [5.74, 6) is -0.766. The lowest BCUT2D eigenvalue weighted by Gasteiger charge is -2.18. The normalized spacial score (nSPS) is 20.6. The number of nitrogens with one attached hydrogen (secondary N) is 1. The third-order valence-electron chi connectivity index (χ3n) is 3.27. The fraction of sp³-hybridized carbons (Fsp3) is 0.769. The molecule has 0 aromatic carbocycles. The average molecular weight is 255 g/mol. The molecule has 0 aliphatic heterocycles. The Morgan fingerprint density at radius 3 is 2.72 bits per heavy atom. The molecule has 1 rings (SSSR count). The molecular formula is C13H21NO4. The molecule has 0 aromatic rings. The van der Waals surface area contributed by atoms with Crippen LogP contribution in [0.1, 0.15) is 45.4 Å². The van der Waals surface area contributed by atoms with E-state index in [9.17, 15) is 14.4 Å². The van der Waals surface area contributed by atoms with E-state index in [1.54, 1.807) is 0 Å². The number of carbonyl (C=O) groups is 3. The van der Waals surface area contributed by atoms with Crippen molar-refractivity contribution in [1.82, 2.24) is 5.32 Å². The minimum atomic E-state index is -0.585. The molecule has 1 aliphatic carbocycles. The first kappa shape index (κ1) is 14.7. The molecule has 0 radical (unpaired) electrons. The zero-order valence-corrected chi connectivity index (χ0v) is 11.0. The highest BCUT2D eigenvalue weighted by Gasteiger charge is 2.31. The van der Waals surface area contributed by atoms with E-state index in [1.807, 2.05) is 6.92 Å². The van der Waals surface area contributed by atoms with Crippen molar-refractivity contribution in [2.24, 2.45) is 5.92 Å². The molecule has 5 heteroatoms. The molecule has 0 aromatic heterocycles. The fourth-order valence-corrected chi connectivity index (χ4v) is 2.13. The summed E-state index contributed by atoms with van der Waals surface area (Å²) < 4.78 is 4.67. The number of hydrogen-bond acceptors (Lipinski definition) is 4. The van der Waals surface area contributed by atoms with Gasteiger partial charge in [0, 0.05) is 18.8 Å². The minimum Gasteiger partial charge on any atom is -0.467 e. The summed E-state index contributed by atoms with van der Waals surface area (Å²) in [7, 11) is 1.31. The summed E-state index contributed by atoms with van der Waals surface area (Å²) in [6.07, 6.45) is 3.74. The number of hydrogen-bond donors (Lipinski definition) is 1. The highest BCUT2D eigenvalue weighted by molar-refractivity contribution is 5.92. The number of rotatable bonds is 6. The second-order valence-corrected chi connectivity index (χ2v) is 4.70. The van der Waals surface area contributed by atoms with Crippen LogP contribution >= 0.6 is 0 Å².